The van der Waals surface area contributed by atoms with Crippen molar-refractivity contribution in [2.45, 2.75) is 0 Å². The van der Waals surface area contributed by atoms with Crippen LogP contribution in [0.15, 0.2) is 18.2 Å². The highest BCUT2D eigenvalue weighted by Gasteiger charge is 2.28. The van der Waals surface area contributed by atoms with Gasteiger partial charge in [0, 0.05) is 11.1 Å². The molecule has 110 valence electrons. The summed E-state index contributed by atoms with van der Waals surface area (Å²) in [6.45, 7) is 0. The minimum absolute atomic E-state index is 0.364. The maximum atomic E-state index is 13.6. The lowest BCUT2D eigenvalue weighted by Gasteiger charge is -2.10. The van der Waals surface area contributed by atoms with E-state index in [-0.39, 0.29) is 5.56 Å². The van der Waals surface area contributed by atoms with Crippen molar-refractivity contribution in [3.05, 3.63) is 58.7 Å². The van der Waals surface area contributed by atoms with E-state index in [0.717, 1.165) is 6.07 Å². The van der Waals surface area contributed by atoms with E-state index in [1.807, 2.05) is 0 Å². The lowest BCUT2D eigenvalue weighted by atomic mass is 10.0. The Bertz CT molecular complexity index is 730. The summed E-state index contributed by atoms with van der Waals surface area (Å²) in [5.74, 6) is -12.5. The predicted octanol–water partition coefficient (Wildman–Crippen LogP) is 4.57. The van der Waals surface area contributed by atoms with Crippen LogP contribution in [-0.2, 0) is 0 Å². The molecular weight excluding hydrogens is 322 g/mol. The van der Waals surface area contributed by atoms with Crippen LogP contribution in [0.2, 0.25) is 0 Å². The fourth-order valence-electron chi connectivity index (χ4n) is 1.68. The van der Waals surface area contributed by atoms with Gasteiger partial charge in [-0.15, -0.1) is 0 Å². The molecule has 1 nitrogen and oxygen atoms in total. The van der Waals surface area contributed by atoms with Gasteiger partial charge in [-0.3, -0.25) is 4.79 Å². The van der Waals surface area contributed by atoms with E-state index in [4.69, 9.17) is 11.6 Å². The van der Waals surface area contributed by atoms with Crippen molar-refractivity contribution < 1.29 is 31.1 Å². The molecule has 0 aromatic heterocycles. The highest BCUT2D eigenvalue weighted by molar-refractivity contribution is 6.67. The first-order valence-corrected chi connectivity index (χ1v) is 5.64. The summed E-state index contributed by atoms with van der Waals surface area (Å²) in [6, 6.07) is 2.13. The Balaban J connectivity index is 2.85. The van der Waals surface area contributed by atoms with Crippen LogP contribution >= 0.6 is 11.6 Å². The SMILES string of the molecule is O=C(Cl)c1ccc(F)c(-c2c(F)c(F)c(F)c(F)c2F)c1. The summed E-state index contributed by atoms with van der Waals surface area (Å²) in [6.07, 6.45) is 0. The van der Waals surface area contributed by atoms with Crippen molar-refractivity contribution in [1.29, 1.82) is 0 Å². The smallest absolute Gasteiger partial charge is 0.252 e. The molecule has 2 aromatic rings. The number of hydrogen-bond donors (Lipinski definition) is 0. The number of carbonyl (C=O) groups excluding carboxylic acids is 1. The second-order valence-corrected chi connectivity index (χ2v) is 4.26. The molecule has 0 unspecified atom stereocenters. The highest BCUT2D eigenvalue weighted by atomic mass is 35.5. The van der Waals surface area contributed by atoms with Gasteiger partial charge in [-0.1, -0.05) is 0 Å². The molecule has 0 amide bonds. The fraction of sp³-hybridized carbons (Fsp3) is 0. The van der Waals surface area contributed by atoms with E-state index in [1.165, 1.54) is 0 Å². The number of carbonyl (C=O) groups is 1. The Hall–Kier alpha value is -2.02. The molecule has 0 aliphatic rings. The summed E-state index contributed by atoms with van der Waals surface area (Å²) in [7, 11) is 0. The van der Waals surface area contributed by atoms with Gasteiger partial charge in [-0.25, -0.2) is 26.3 Å². The van der Waals surface area contributed by atoms with Crippen molar-refractivity contribution in [2.24, 2.45) is 0 Å². The Morgan fingerprint density at radius 3 is 1.76 bits per heavy atom. The predicted molar refractivity (Wildman–Crippen MR) is 61.8 cm³/mol. The molecule has 0 heterocycles. The molecular formula is C13H3ClF6O. The lowest BCUT2D eigenvalue weighted by molar-refractivity contribution is 0.108. The van der Waals surface area contributed by atoms with Crippen molar-refractivity contribution in [1.82, 2.24) is 0 Å². The molecule has 0 saturated heterocycles. The normalized spacial score (nSPS) is 10.8. The summed E-state index contributed by atoms with van der Waals surface area (Å²) >= 11 is 5.13. The first kappa shape index (κ1) is 15.4. The van der Waals surface area contributed by atoms with Gasteiger partial charge in [0.15, 0.2) is 23.3 Å². The molecule has 0 spiro atoms. The van der Waals surface area contributed by atoms with E-state index >= 15 is 0 Å². The Kier molecular flexibility index (Phi) is 3.95. The second kappa shape index (κ2) is 5.40. The van der Waals surface area contributed by atoms with E-state index in [2.05, 4.69) is 0 Å². The summed E-state index contributed by atoms with van der Waals surface area (Å²) < 4.78 is 79.9. The Morgan fingerprint density at radius 1 is 0.810 bits per heavy atom. The molecule has 0 aliphatic carbocycles. The molecule has 21 heavy (non-hydrogen) atoms. The van der Waals surface area contributed by atoms with E-state index in [1.54, 1.807) is 0 Å². The zero-order valence-electron chi connectivity index (χ0n) is 9.79. The summed E-state index contributed by atoms with van der Waals surface area (Å²) in [5.41, 5.74) is -2.80. The zero-order valence-corrected chi connectivity index (χ0v) is 10.5. The van der Waals surface area contributed by atoms with Crippen LogP contribution in [0.25, 0.3) is 11.1 Å². The molecule has 2 rings (SSSR count). The van der Waals surface area contributed by atoms with E-state index in [9.17, 15) is 31.1 Å². The molecule has 8 heteroatoms. The van der Waals surface area contributed by atoms with Crippen LogP contribution in [0.4, 0.5) is 26.3 Å². The zero-order chi connectivity index (χ0) is 15.9. The number of rotatable bonds is 2. The largest absolute Gasteiger partial charge is 0.276 e. The maximum Gasteiger partial charge on any atom is 0.252 e. The minimum Gasteiger partial charge on any atom is -0.276 e. The monoisotopic (exact) mass is 324 g/mol. The van der Waals surface area contributed by atoms with Gasteiger partial charge < -0.3 is 0 Å². The van der Waals surface area contributed by atoms with Crippen LogP contribution in [0, 0.1) is 34.9 Å². The van der Waals surface area contributed by atoms with Gasteiger partial charge in [-0.2, -0.15) is 0 Å². The van der Waals surface area contributed by atoms with Crippen molar-refractivity contribution in [3.63, 3.8) is 0 Å². The number of halogens is 7. The van der Waals surface area contributed by atoms with Crippen molar-refractivity contribution in [2.75, 3.05) is 0 Å². The van der Waals surface area contributed by atoms with Crippen molar-refractivity contribution in [3.8, 4) is 11.1 Å². The fourth-order valence-corrected chi connectivity index (χ4v) is 1.80. The van der Waals surface area contributed by atoms with E-state index in [0.29, 0.717) is 12.1 Å². The molecule has 0 aliphatic heterocycles. The third-order valence-corrected chi connectivity index (χ3v) is 2.89. The second-order valence-electron chi connectivity index (χ2n) is 3.91. The Morgan fingerprint density at radius 2 is 1.29 bits per heavy atom. The highest BCUT2D eigenvalue weighted by Crippen LogP contribution is 2.33. The van der Waals surface area contributed by atoms with Gasteiger partial charge in [0.25, 0.3) is 5.24 Å². The minimum atomic E-state index is -2.36. The summed E-state index contributed by atoms with van der Waals surface area (Å²) in [4.78, 5) is 10.9. The quantitative estimate of drug-likeness (QED) is 0.342. The van der Waals surface area contributed by atoms with Gasteiger partial charge >= 0.3 is 0 Å². The van der Waals surface area contributed by atoms with Crippen LogP contribution < -0.4 is 0 Å². The first-order chi connectivity index (χ1) is 9.75. The molecule has 0 bridgehead atoms. The average Bonchev–Trinajstić information content (AvgIpc) is 2.45. The molecule has 0 saturated carbocycles. The van der Waals surface area contributed by atoms with Gasteiger partial charge in [0.1, 0.15) is 5.82 Å². The number of benzene rings is 2. The van der Waals surface area contributed by atoms with Crippen molar-refractivity contribution >= 4 is 16.8 Å². The molecule has 2 aromatic carbocycles. The molecule has 0 radical (unpaired) electrons. The third-order valence-electron chi connectivity index (χ3n) is 2.67. The van der Waals surface area contributed by atoms with Crippen LogP contribution in [-0.4, -0.2) is 5.24 Å². The average molecular weight is 325 g/mol. The molecule has 0 N–H and O–H groups in total. The maximum absolute atomic E-state index is 13.6. The van der Waals surface area contributed by atoms with E-state index < -0.39 is 51.3 Å². The van der Waals surface area contributed by atoms with Crippen LogP contribution in [0.5, 0.6) is 0 Å². The standard InChI is InChI=1S/C13H3ClF6O/c14-13(21)4-1-2-6(15)5(3-4)7-8(16)10(18)12(20)11(19)9(7)17/h1-3H. The lowest BCUT2D eigenvalue weighted by Crippen LogP contribution is -2.05. The third kappa shape index (κ3) is 2.49. The van der Waals surface area contributed by atoms with Crippen LogP contribution in [0.3, 0.4) is 0 Å². The molecule has 0 fully saturated rings. The van der Waals surface area contributed by atoms with Gasteiger partial charge in [0.2, 0.25) is 5.82 Å². The van der Waals surface area contributed by atoms with Gasteiger partial charge in [0.05, 0.1) is 5.56 Å². The topological polar surface area (TPSA) is 17.1 Å². The Labute approximate surface area is 118 Å². The molecule has 0 atom stereocenters. The number of hydrogen-bond acceptors (Lipinski definition) is 1. The summed E-state index contributed by atoms with van der Waals surface area (Å²) in [5, 5.41) is -1.08. The first-order valence-electron chi connectivity index (χ1n) is 5.27. The van der Waals surface area contributed by atoms with Crippen LogP contribution in [0.1, 0.15) is 10.4 Å². The van der Waals surface area contributed by atoms with Gasteiger partial charge in [-0.05, 0) is 29.8 Å².